The number of nitrogens with one attached hydrogen (secondary N) is 1. The molecule has 0 radical (unpaired) electrons. The van der Waals surface area contributed by atoms with Crippen LogP contribution in [0.2, 0.25) is 5.02 Å². The molecule has 1 amide bonds. The van der Waals surface area contributed by atoms with Gasteiger partial charge in [0.05, 0.1) is 16.3 Å². The minimum atomic E-state index is -4.53. The van der Waals surface area contributed by atoms with Crippen molar-refractivity contribution in [3.8, 4) is 0 Å². The highest BCUT2D eigenvalue weighted by atomic mass is 35.5. The second-order valence-corrected chi connectivity index (χ2v) is 6.38. The molecule has 1 N–H and O–H groups in total. The number of halogens is 4. The molecule has 2 heterocycles. The number of benzene rings is 1. The summed E-state index contributed by atoms with van der Waals surface area (Å²) in [5.74, 6) is 0.00210. The molecule has 26 heavy (non-hydrogen) atoms. The molecule has 138 valence electrons. The number of amides is 1. The lowest BCUT2D eigenvalue weighted by atomic mass is 10.1. The molecule has 0 bridgehead atoms. The molecule has 1 aromatic carbocycles. The van der Waals surface area contributed by atoms with E-state index in [1.54, 1.807) is 6.07 Å². The quantitative estimate of drug-likeness (QED) is 0.852. The van der Waals surface area contributed by atoms with E-state index in [4.69, 9.17) is 11.6 Å². The Hall–Kier alpha value is -2.35. The third-order valence-electron chi connectivity index (χ3n) is 4.11. The van der Waals surface area contributed by atoms with Gasteiger partial charge in [-0.1, -0.05) is 11.6 Å². The lowest BCUT2D eigenvalue weighted by molar-refractivity contribution is -0.137. The van der Waals surface area contributed by atoms with Crippen molar-refractivity contribution in [1.29, 1.82) is 0 Å². The molecule has 1 aliphatic heterocycles. The van der Waals surface area contributed by atoms with Crippen molar-refractivity contribution in [3.63, 3.8) is 0 Å². The Morgan fingerprint density at radius 2 is 1.81 bits per heavy atom. The lowest BCUT2D eigenvalue weighted by Gasteiger charge is -2.27. The van der Waals surface area contributed by atoms with Gasteiger partial charge in [-0.3, -0.25) is 4.79 Å². The van der Waals surface area contributed by atoms with Gasteiger partial charge in [-0.15, -0.1) is 10.2 Å². The number of aromatic nitrogens is 2. The molecule has 9 heteroatoms. The van der Waals surface area contributed by atoms with Gasteiger partial charge in [-0.25, -0.2) is 0 Å². The van der Waals surface area contributed by atoms with Crippen LogP contribution in [0.3, 0.4) is 0 Å². The highest BCUT2D eigenvalue weighted by Crippen LogP contribution is 2.34. The van der Waals surface area contributed by atoms with Gasteiger partial charge in [-0.2, -0.15) is 13.2 Å². The molecule has 2 aromatic rings. The summed E-state index contributed by atoms with van der Waals surface area (Å²) in [5, 5.41) is 10.3. The number of hydrogen-bond donors (Lipinski definition) is 1. The van der Waals surface area contributed by atoms with E-state index in [0.717, 1.165) is 44.1 Å². The average Bonchev–Trinajstić information content (AvgIpc) is 2.63. The first kappa shape index (κ1) is 18.4. The molecule has 5 nitrogen and oxygen atoms in total. The molecule has 1 aliphatic rings. The maximum absolute atomic E-state index is 12.8. The molecule has 0 unspecified atom stereocenters. The Labute approximate surface area is 153 Å². The third kappa shape index (κ3) is 4.24. The smallest absolute Gasteiger partial charge is 0.355 e. The Morgan fingerprint density at radius 3 is 2.42 bits per heavy atom. The van der Waals surface area contributed by atoms with E-state index in [9.17, 15) is 18.0 Å². The van der Waals surface area contributed by atoms with Crippen molar-refractivity contribution >= 4 is 29.0 Å². The number of rotatable bonds is 3. The summed E-state index contributed by atoms with van der Waals surface area (Å²) in [4.78, 5) is 14.3. The number of alkyl halides is 3. The highest BCUT2D eigenvalue weighted by Gasteiger charge is 2.31. The average molecular weight is 385 g/mol. The fourth-order valence-electron chi connectivity index (χ4n) is 2.72. The first-order chi connectivity index (χ1) is 12.3. The summed E-state index contributed by atoms with van der Waals surface area (Å²) in [6, 6.07) is 5.90. The van der Waals surface area contributed by atoms with Gasteiger partial charge in [-0.05, 0) is 49.6 Å². The van der Waals surface area contributed by atoms with Crippen molar-refractivity contribution in [2.45, 2.75) is 25.4 Å². The summed E-state index contributed by atoms with van der Waals surface area (Å²) in [7, 11) is 0. The minimum absolute atomic E-state index is 0.000706. The van der Waals surface area contributed by atoms with Crippen LogP contribution in [0.1, 0.15) is 35.3 Å². The van der Waals surface area contributed by atoms with Gasteiger partial charge in [0.2, 0.25) is 0 Å². The predicted octanol–water partition coefficient (Wildman–Crippen LogP) is 4.39. The Kier molecular flexibility index (Phi) is 5.31. The van der Waals surface area contributed by atoms with E-state index in [2.05, 4.69) is 20.4 Å². The van der Waals surface area contributed by atoms with Crippen LogP contribution in [0.4, 0.5) is 24.7 Å². The van der Waals surface area contributed by atoms with Crippen molar-refractivity contribution in [3.05, 3.63) is 46.6 Å². The Morgan fingerprint density at radius 1 is 1.08 bits per heavy atom. The molecule has 3 rings (SSSR count). The monoisotopic (exact) mass is 384 g/mol. The zero-order valence-corrected chi connectivity index (χ0v) is 14.4. The van der Waals surface area contributed by atoms with Crippen LogP contribution in [0, 0.1) is 0 Å². The molecule has 1 aromatic heterocycles. The van der Waals surface area contributed by atoms with E-state index in [1.165, 1.54) is 12.5 Å². The molecule has 1 saturated heterocycles. The first-order valence-corrected chi connectivity index (χ1v) is 8.49. The zero-order chi connectivity index (χ0) is 18.7. The standard InChI is InChI=1S/C17H16ClF3N4O/c18-12-5-4-11(17(19,20)21)10-14(12)22-16(26)13-6-7-15(24-23-13)25-8-2-1-3-9-25/h4-7,10H,1-3,8-9H2,(H,22,26). The lowest BCUT2D eigenvalue weighted by Crippen LogP contribution is -2.30. The fourth-order valence-corrected chi connectivity index (χ4v) is 2.89. The highest BCUT2D eigenvalue weighted by molar-refractivity contribution is 6.33. The van der Waals surface area contributed by atoms with Gasteiger partial charge < -0.3 is 10.2 Å². The molecular weight excluding hydrogens is 369 g/mol. The van der Waals surface area contributed by atoms with E-state index in [1.807, 2.05) is 0 Å². The van der Waals surface area contributed by atoms with Crippen molar-refractivity contribution in [2.24, 2.45) is 0 Å². The third-order valence-corrected chi connectivity index (χ3v) is 4.43. The van der Waals surface area contributed by atoms with E-state index < -0.39 is 17.6 Å². The van der Waals surface area contributed by atoms with E-state index >= 15 is 0 Å². The second-order valence-electron chi connectivity index (χ2n) is 5.97. The normalized spacial score (nSPS) is 15.0. The fraction of sp³-hybridized carbons (Fsp3) is 0.353. The largest absolute Gasteiger partial charge is 0.416 e. The number of anilines is 2. The van der Waals surface area contributed by atoms with Crippen molar-refractivity contribution in [1.82, 2.24) is 10.2 Å². The van der Waals surface area contributed by atoms with Gasteiger partial charge in [0.25, 0.3) is 5.91 Å². The van der Waals surface area contributed by atoms with Crippen LogP contribution >= 0.6 is 11.6 Å². The molecule has 0 saturated carbocycles. The van der Waals surface area contributed by atoms with E-state index in [0.29, 0.717) is 5.82 Å². The second kappa shape index (κ2) is 7.49. The van der Waals surface area contributed by atoms with Crippen LogP contribution in [-0.4, -0.2) is 29.2 Å². The van der Waals surface area contributed by atoms with Gasteiger partial charge in [0.15, 0.2) is 11.5 Å². The topological polar surface area (TPSA) is 58.1 Å². The predicted molar refractivity (Wildman–Crippen MR) is 92.5 cm³/mol. The number of hydrogen-bond acceptors (Lipinski definition) is 4. The number of piperidine rings is 1. The van der Waals surface area contributed by atoms with Crippen LogP contribution in [0.5, 0.6) is 0 Å². The van der Waals surface area contributed by atoms with Gasteiger partial charge >= 0.3 is 6.18 Å². The molecule has 0 aliphatic carbocycles. The van der Waals surface area contributed by atoms with Crippen LogP contribution in [-0.2, 0) is 6.18 Å². The van der Waals surface area contributed by atoms with Crippen molar-refractivity contribution in [2.75, 3.05) is 23.3 Å². The molecule has 0 spiro atoms. The van der Waals surface area contributed by atoms with Crippen LogP contribution < -0.4 is 10.2 Å². The number of carbonyl (C=O) groups is 1. The van der Waals surface area contributed by atoms with Crippen LogP contribution in [0.25, 0.3) is 0 Å². The summed E-state index contributed by atoms with van der Waals surface area (Å²) in [5.41, 5.74) is -1.03. The van der Waals surface area contributed by atoms with Gasteiger partial charge in [0, 0.05) is 13.1 Å². The molecule has 0 atom stereocenters. The SMILES string of the molecule is O=C(Nc1cc(C(F)(F)F)ccc1Cl)c1ccc(N2CCCCC2)nn1. The van der Waals surface area contributed by atoms with E-state index in [-0.39, 0.29) is 16.4 Å². The summed E-state index contributed by atoms with van der Waals surface area (Å²) >= 11 is 5.88. The van der Waals surface area contributed by atoms with Crippen molar-refractivity contribution < 1.29 is 18.0 Å². The molecular formula is C17H16ClF3N4O. The van der Waals surface area contributed by atoms with Gasteiger partial charge in [0.1, 0.15) is 0 Å². The number of carbonyl (C=O) groups excluding carboxylic acids is 1. The summed E-state index contributed by atoms with van der Waals surface area (Å²) < 4.78 is 38.4. The zero-order valence-electron chi connectivity index (χ0n) is 13.7. The first-order valence-electron chi connectivity index (χ1n) is 8.11. The minimum Gasteiger partial charge on any atom is -0.355 e. The maximum atomic E-state index is 12.8. The van der Waals surface area contributed by atoms with Crippen LogP contribution in [0.15, 0.2) is 30.3 Å². The summed E-state index contributed by atoms with van der Waals surface area (Å²) in [6.07, 6.45) is -1.18. The number of nitrogens with zero attached hydrogens (tertiary/aromatic N) is 3. The summed E-state index contributed by atoms with van der Waals surface area (Å²) in [6.45, 7) is 1.78. The Balaban J connectivity index is 1.74. The maximum Gasteiger partial charge on any atom is 0.416 e. The molecule has 1 fully saturated rings. The Bertz CT molecular complexity index is 790.